The lowest BCUT2D eigenvalue weighted by molar-refractivity contribution is -0.123. The standard InChI is InChI=1S/C8H13NO2.C2H6/c1-3-4-7(10)5-6-8(11)9-2;1-2/h3-4H,5-6H2,1-2H3,(H,9,11);1-2H3/b4-3+;. The predicted octanol–water partition coefficient (Wildman–Crippen LogP) is 1.68. The molecule has 0 saturated carbocycles. The number of allylic oxidation sites excluding steroid dienone is 2. The third kappa shape index (κ3) is 10.9. The van der Waals surface area contributed by atoms with Crippen molar-refractivity contribution >= 4 is 11.7 Å². The third-order valence-corrected chi connectivity index (χ3v) is 1.23. The molecule has 76 valence electrons. The van der Waals surface area contributed by atoms with Gasteiger partial charge in [-0.05, 0) is 13.0 Å². The van der Waals surface area contributed by atoms with Gasteiger partial charge in [0, 0.05) is 19.9 Å². The van der Waals surface area contributed by atoms with Crippen LogP contribution in [0.5, 0.6) is 0 Å². The Hall–Kier alpha value is -1.12. The number of hydrogen-bond donors (Lipinski definition) is 1. The number of amides is 1. The molecule has 0 fully saturated rings. The summed E-state index contributed by atoms with van der Waals surface area (Å²) in [7, 11) is 1.56. The van der Waals surface area contributed by atoms with Gasteiger partial charge < -0.3 is 5.32 Å². The maximum Gasteiger partial charge on any atom is 0.220 e. The van der Waals surface area contributed by atoms with Crippen molar-refractivity contribution < 1.29 is 9.59 Å². The maximum atomic E-state index is 10.8. The lowest BCUT2D eigenvalue weighted by Gasteiger charge is -1.94. The first-order valence-electron chi connectivity index (χ1n) is 4.56. The quantitative estimate of drug-likeness (QED) is 0.677. The van der Waals surface area contributed by atoms with Gasteiger partial charge in [0.1, 0.15) is 0 Å². The normalized spacial score (nSPS) is 8.92. The van der Waals surface area contributed by atoms with Crippen molar-refractivity contribution in [2.75, 3.05) is 7.05 Å². The van der Waals surface area contributed by atoms with E-state index in [1.807, 2.05) is 13.8 Å². The van der Waals surface area contributed by atoms with Gasteiger partial charge in [-0.3, -0.25) is 9.59 Å². The molecule has 0 unspecified atom stereocenters. The van der Waals surface area contributed by atoms with Crippen LogP contribution >= 0.6 is 0 Å². The fraction of sp³-hybridized carbons (Fsp3) is 0.600. The van der Waals surface area contributed by atoms with Crippen LogP contribution in [0.1, 0.15) is 33.6 Å². The third-order valence-electron chi connectivity index (χ3n) is 1.23. The summed E-state index contributed by atoms with van der Waals surface area (Å²) in [5, 5.41) is 2.45. The van der Waals surface area contributed by atoms with E-state index in [0.29, 0.717) is 6.42 Å². The van der Waals surface area contributed by atoms with E-state index in [4.69, 9.17) is 0 Å². The molecule has 0 bridgehead atoms. The van der Waals surface area contributed by atoms with Gasteiger partial charge in [-0.15, -0.1) is 0 Å². The minimum absolute atomic E-state index is 0.00361. The molecule has 0 aromatic carbocycles. The molecule has 0 spiro atoms. The summed E-state index contributed by atoms with van der Waals surface area (Å²) in [5.41, 5.74) is 0. The number of hydrogen-bond acceptors (Lipinski definition) is 2. The lowest BCUT2D eigenvalue weighted by Crippen LogP contribution is -2.18. The molecule has 1 N–H and O–H groups in total. The Bertz CT molecular complexity index is 174. The molecule has 1 amide bonds. The van der Waals surface area contributed by atoms with Gasteiger partial charge in [-0.1, -0.05) is 19.9 Å². The minimum Gasteiger partial charge on any atom is -0.359 e. The molecule has 13 heavy (non-hydrogen) atoms. The number of rotatable bonds is 4. The molecule has 0 aromatic rings. The average Bonchev–Trinajstić information content (AvgIpc) is 2.18. The topological polar surface area (TPSA) is 46.2 Å². The van der Waals surface area contributed by atoms with Crippen LogP contribution < -0.4 is 5.32 Å². The monoisotopic (exact) mass is 185 g/mol. The zero-order chi connectivity index (χ0) is 10.7. The zero-order valence-electron chi connectivity index (χ0n) is 8.89. The summed E-state index contributed by atoms with van der Waals surface area (Å²) < 4.78 is 0. The summed E-state index contributed by atoms with van der Waals surface area (Å²) in [6.45, 7) is 5.78. The van der Waals surface area contributed by atoms with Gasteiger partial charge in [0.2, 0.25) is 5.91 Å². The number of carbonyl (C=O) groups is 2. The SMILES string of the molecule is C/C=C/C(=O)CCC(=O)NC.CC. The van der Waals surface area contributed by atoms with Crippen molar-refractivity contribution in [3.05, 3.63) is 12.2 Å². The van der Waals surface area contributed by atoms with E-state index in [0.717, 1.165) is 0 Å². The van der Waals surface area contributed by atoms with Crippen molar-refractivity contribution in [3.8, 4) is 0 Å². The second-order valence-corrected chi connectivity index (χ2v) is 2.14. The molecule has 0 heterocycles. The first-order valence-corrected chi connectivity index (χ1v) is 4.56. The molecule has 0 saturated heterocycles. The van der Waals surface area contributed by atoms with Gasteiger partial charge in [0.05, 0.1) is 0 Å². The van der Waals surface area contributed by atoms with Crippen LogP contribution in [0.25, 0.3) is 0 Å². The fourth-order valence-corrected chi connectivity index (χ4v) is 0.631. The summed E-state index contributed by atoms with van der Waals surface area (Å²) in [6, 6.07) is 0. The highest BCUT2D eigenvalue weighted by atomic mass is 16.1. The van der Waals surface area contributed by atoms with Crippen molar-refractivity contribution in [1.82, 2.24) is 5.32 Å². The van der Waals surface area contributed by atoms with Gasteiger partial charge in [-0.2, -0.15) is 0 Å². The Morgan fingerprint density at radius 2 is 1.77 bits per heavy atom. The molecule has 0 rings (SSSR count). The molecule has 0 aliphatic carbocycles. The first-order chi connectivity index (χ1) is 6.20. The Morgan fingerprint density at radius 3 is 2.15 bits per heavy atom. The van der Waals surface area contributed by atoms with Gasteiger partial charge in [0.25, 0.3) is 0 Å². The molecular formula is C10H19NO2. The summed E-state index contributed by atoms with van der Waals surface area (Å²) in [4.78, 5) is 21.4. The summed E-state index contributed by atoms with van der Waals surface area (Å²) in [5.74, 6) is -0.0982. The van der Waals surface area contributed by atoms with E-state index in [-0.39, 0.29) is 18.1 Å². The molecule has 0 aliphatic rings. The van der Waals surface area contributed by atoms with Crippen LogP contribution in [0.2, 0.25) is 0 Å². The molecule has 3 nitrogen and oxygen atoms in total. The molecule has 3 heteroatoms. The predicted molar refractivity (Wildman–Crippen MR) is 54.5 cm³/mol. The molecule has 0 aromatic heterocycles. The summed E-state index contributed by atoms with van der Waals surface area (Å²) >= 11 is 0. The van der Waals surface area contributed by atoms with Crippen LogP contribution in [0.3, 0.4) is 0 Å². The van der Waals surface area contributed by atoms with E-state index in [1.165, 1.54) is 6.08 Å². The lowest BCUT2D eigenvalue weighted by atomic mass is 10.2. The van der Waals surface area contributed by atoms with Crippen molar-refractivity contribution in [3.63, 3.8) is 0 Å². The summed E-state index contributed by atoms with van der Waals surface area (Å²) in [6.07, 6.45) is 3.72. The van der Waals surface area contributed by atoms with E-state index in [9.17, 15) is 9.59 Å². The Balaban J connectivity index is 0. The average molecular weight is 185 g/mol. The second-order valence-electron chi connectivity index (χ2n) is 2.14. The van der Waals surface area contributed by atoms with Crippen molar-refractivity contribution in [2.24, 2.45) is 0 Å². The number of ketones is 1. The Morgan fingerprint density at radius 1 is 1.23 bits per heavy atom. The van der Waals surface area contributed by atoms with Crippen LogP contribution in [0, 0.1) is 0 Å². The molecule has 0 atom stereocenters. The van der Waals surface area contributed by atoms with E-state index >= 15 is 0 Å². The second kappa shape index (κ2) is 10.9. The Labute approximate surface area is 80.2 Å². The highest BCUT2D eigenvalue weighted by molar-refractivity contribution is 5.92. The van der Waals surface area contributed by atoms with E-state index in [2.05, 4.69) is 5.32 Å². The highest BCUT2D eigenvalue weighted by Gasteiger charge is 2.00. The van der Waals surface area contributed by atoms with Crippen molar-refractivity contribution in [2.45, 2.75) is 33.6 Å². The largest absolute Gasteiger partial charge is 0.359 e. The zero-order valence-corrected chi connectivity index (χ0v) is 8.89. The van der Waals surface area contributed by atoms with Crippen LogP contribution in [0.15, 0.2) is 12.2 Å². The van der Waals surface area contributed by atoms with Crippen molar-refractivity contribution in [1.29, 1.82) is 0 Å². The van der Waals surface area contributed by atoms with E-state index < -0.39 is 0 Å². The van der Waals surface area contributed by atoms with Gasteiger partial charge in [-0.25, -0.2) is 0 Å². The van der Waals surface area contributed by atoms with Crippen LogP contribution in [0.4, 0.5) is 0 Å². The number of nitrogens with one attached hydrogen (secondary N) is 1. The maximum absolute atomic E-state index is 10.8. The van der Waals surface area contributed by atoms with Crippen LogP contribution in [-0.2, 0) is 9.59 Å². The molecule has 0 radical (unpaired) electrons. The fourth-order valence-electron chi connectivity index (χ4n) is 0.631. The van der Waals surface area contributed by atoms with Crippen LogP contribution in [-0.4, -0.2) is 18.7 Å². The molecular weight excluding hydrogens is 166 g/mol. The van der Waals surface area contributed by atoms with Gasteiger partial charge in [0.15, 0.2) is 5.78 Å². The minimum atomic E-state index is -0.0946. The van der Waals surface area contributed by atoms with E-state index in [1.54, 1.807) is 20.0 Å². The van der Waals surface area contributed by atoms with Gasteiger partial charge >= 0.3 is 0 Å². The smallest absolute Gasteiger partial charge is 0.220 e. The highest BCUT2D eigenvalue weighted by Crippen LogP contribution is 1.91. The first kappa shape index (κ1) is 14.4. The Kier molecular flexibility index (Phi) is 12.1. The molecule has 0 aliphatic heterocycles. The number of carbonyl (C=O) groups excluding carboxylic acids is 2.